The third-order valence-electron chi connectivity index (χ3n) is 3.51. The molecule has 2 nitrogen and oxygen atoms in total. The van der Waals surface area contributed by atoms with Gasteiger partial charge >= 0.3 is 0 Å². The van der Waals surface area contributed by atoms with E-state index in [1.807, 2.05) is 24.3 Å². The largest absolute Gasteiger partial charge is 0.490 e. The maximum absolute atomic E-state index is 8.85. The SMILES string of the molecule is CC1CCCC(Oc2ccc(CCO)cc2)C1. The van der Waals surface area contributed by atoms with Gasteiger partial charge in [0.1, 0.15) is 5.75 Å². The summed E-state index contributed by atoms with van der Waals surface area (Å²) < 4.78 is 6.00. The predicted molar refractivity (Wildman–Crippen MR) is 69.3 cm³/mol. The molecule has 0 aromatic heterocycles. The smallest absolute Gasteiger partial charge is 0.119 e. The van der Waals surface area contributed by atoms with Crippen LogP contribution in [0.15, 0.2) is 24.3 Å². The fraction of sp³-hybridized carbons (Fsp3) is 0.600. The Morgan fingerprint density at radius 2 is 2.00 bits per heavy atom. The number of aliphatic hydroxyl groups excluding tert-OH is 1. The first-order valence-electron chi connectivity index (χ1n) is 6.64. The van der Waals surface area contributed by atoms with Crippen LogP contribution in [0.4, 0.5) is 0 Å². The van der Waals surface area contributed by atoms with Crippen LogP contribution in [0.25, 0.3) is 0 Å². The molecule has 0 amide bonds. The van der Waals surface area contributed by atoms with E-state index in [4.69, 9.17) is 9.84 Å². The van der Waals surface area contributed by atoms with Gasteiger partial charge in [-0.3, -0.25) is 0 Å². The average molecular weight is 234 g/mol. The summed E-state index contributed by atoms with van der Waals surface area (Å²) in [7, 11) is 0. The topological polar surface area (TPSA) is 29.5 Å². The van der Waals surface area contributed by atoms with E-state index in [0.717, 1.165) is 23.7 Å². The standard InChI is InChI=1S/C15H22O2/c1-12-3-2-4-15(11-12)17-14-7-5-13(6-8-14)9-10-16/h5-8,12,15-16H,2-4,9-11H2,1H3. The van der Waals surface area contributed by atoms with Gasteiger partial charge in [-0.1, -0.05) is 25.5 Å². The van der Waals surface area contributed by atoms with Gasteiger partial charge in [0.15, 0.2) is 0 Å². The fourth-order valence-corrected chi connectivity index (χ4v) is 2.54. The minimum Gasteiger partial charge on any atom is -0.490 e. The summed E-state index contributed by atoms with van der Waals surface area (Å²) in [4.78, 5) is 0. The summed E-state index contributed by atoms with van der Waals surface area (Å²) in [5.74, 6) is 1.76. The molecule has 0 heterocycles. The molecule has 1 aliphatic carbocycles. The summed E-state index contributed by atoms with van der Waals surface area (Å²) in [6.07, 6.45) is 6.11. The van der Waals surface area contributed by atoms with Crippen molar-refractivity contribution >= 4 is 0 Å². The van der Waals surface area contributed by atoms with E-state index in [2.05, 4.69) is 6.92 Å². The van der Waals surface area contributed by atoms with Crippen molar-refractivity contribution in [3.05, 3.63) is 29.8 Å². The minimum atomic E-state index is 0.209. The van der Waals surface area contributed by atoms with Gasteiger partial charge in [0, 0.05) is 6.61 Å². The molecule has 1 aliphatic rings. The van der Waals surface area contributed by atoms with Crippen LogP contribution in [0.2, 0.25) is 0 Å². The Kier molecular flexibility index (Phi) is 4.43. The molecular weight excluding hydrogens is 212 g/mol. The molecular formula is C15H22O2. The highest BCUT2D eigenvalue weighted by Crippen LogP contribution is 2.27. The molecule has 0 radical (unpaired) electrons. The number of aliphatic hydroxyl groups is 1. The maximum atomic E-state index is 8.85. The fourth-order valence-electron chi connectivity index (χ4n) is 2.54. The second-order valence-electron chi connectivity index (χ2n) is 5.13. The highest BCUT2D eigenvalue weighted by molar-refractivity contribution is 5.27. The number of hydrogen-bond donors (Lipinski definition) is 1. The molecule has 1 aromatic carbocycles. The van der Waals surface area contributed by atoms with Crippen LogP contribution in [-0.2, 0) is 6.42 Å². The van der Waals surface area contributed by atoms with Crippen LogP contribution in [0.5, 0.6) is 5.75 Å². The Bertz CT molecular complexity index is 331. The molecule has 2 rings (SSSR count). The van der Waals surface area contributed by atoms with Gasteiger partial charge in [-0.25, -0.2) is 0 Å². The number of benzene rings is 1. The Hall–Kier alpha value is -1.02. The van der Waals surface area contributed by atoms with E-state index in [9.17, 15) is 0 Å². The molecule has 0 spiro atoms. The van der Waals surface area contributed by atoms with Crippen molar-refractivity contribution < 1.29 is 9.84 Å². The highest BCUT2D eigenvalue weighted by atomic mass is 16.5. The molecule has 0 saturated heterocycles. The van der Waals surface area contributed by atoms with Crippen LogP contribution >= 0.6 is 0 Å². The number of hydrogen-bond acceptors (Lipinski definition) is 2. The monoisotopic (exact) mass is 234 g/mol. The highest BCUT2D eigenvalue weighted by Gasteiger charge is 2.19. The molecule has 0 bridgehead atoms. The zero-order valence-corrected chi connectivity index (χ0v) is 10.6. The molecule has 94 valence electrons. The molecule has 1 fully saturated rings. The van der Waals surface area contributed by atoms with Gasteiger partial charge in [0.25, 0.3) is 0 Å². The second-order valence-corrected chi connectivity index (χ2v) is 5.13. The third-order valence-corrected chi connectivity index (χ3v) is 3.51. The van der Waals surface area contributed by atoms with Gasteiger partial charge in [-0.2, -0.15) is 0 Å². The van der Waals surface area contributed by atoms with Gasteiger partial charge in [0.2, 0.25) is 0 Å². The first-order valence-corrected chi connectivity index (χ1v) is 6.64. The summed E-state index contributed by atoms with van der Waals surface area (Å²) in [5, 5.41) is 8.85. The maximum Gasteiger partial charge on any atom is 0.119 e. The predicted octanol–water partition coefficient (Wildman–Crippen LogP) is 3.18. The normalized spacial score (nSPS) is 24.6. The van der Waals surface area contributed by atoms with Crippen molar-refractivity contribution in [3.8, 4) is 5.75 Å². The average Bonchev–Trinajstić information content (AvgIpc) is 2.32. The van der Waals surface area contributed by atoms with E-state index in [0.29, 0.717) is 6.10 Å². The van der Waals surface area contributed by atoms with Gasteiger partial charge in [-0.05, 0) is 49.3 Å². The first kappa shape index (κ1) is 12.4. The van der Waals surface area contributed by atoms with Gasteiger partial charge < -0.3 is 9.84 Å². The first-order chi connectivity index (χ1) is 8.28. The van der Waals surface area contributed by atoms with E-state index in [-0.39, 0.29) is 6.61 Å². The molecule has 1 aromatic rings. The van der Waals surface area contributed by atoms with E-state index in [1.165, 1.54) is 25.7 Å². The van der Waals surface area contributed by atoms with Crippen molar-refractivity contribution in [1.29, 1.82) is 0 Å². The quantitative estimate of drug-likeness (QED) is 0.867. The Morgan fingerprint density at radius 1 is 1.24 bits per heavy atom. The lowest BCUT2D eigenvalue weighted by Gasteiger charge is -2.27. The van der Waals surface area contributed by atoms with Crippen LogP contribution in [0, 0.1) is 5.92 Å². The van der Waals surface area contributed by atoms with Crippen LogP contribution in [-0.4, -0.2) is 17.8 Å². The lowest BCUT2D eigenvalue weighted by Crippen LogP contribution is -2.24. The molecule has 17 heavy (non-hydrogen) atoms. The third kappa shape index (κ3) is 3.74. The Balaban J connectivity index is 1.89. The molecule has 1 saturated carbocycles. The molecule has 2 unspecified atom stereocenters. The molecule has 1 N–H and O–H groups in total. The van der Waals surface area contributed by atoms with Crippen LogP contribution in [0.3, 0.4) is 0 Å². The Morgan fingerprint density at radius 3 is 2.65 bits per heavy atom. The number of ether oxygens (including phenoxy) is 1. The van der Waals surface area contributed by atoms with Crippen molar-refractivity contribution in [1.82, 2.24) is 0 Å². The molecule has 0 aliphatic heterocycles. The summed E-state index contributed by atoms with van der Waals surface area (Å²) >= 11 is 0. The van der Waals surface area contributed by atoms with Gasteiger partial charge in [0.05, 0.1) is 6.10 Å². The summed E-state index contributed by atoms with van der Waals surface area (Å²) in [6, 6.07) is 8.12. The molecule has 2 heteroatoms. The lowest BCUT2D eigenvalue weighted by molar-refractivity contribution is 0.129. The van der Waals surface area contributed by atoms with Crippen molar-refractivity contribution in [2.75, 3.05) is 6.61 Å². The van der Waals surface area contributed by atoms with Crippen molar-refractivity contribution in [2.45, 2.75) is 45.1 Å². The van der Waals surface area contributed by atoms with E-state index < -0.39 is 0 Å². The van der Waals surface area contributed by atoms with E-state index in [1.54, 1.807) is 0 Å². The number of rotatable bonds is 4. The van der Waals surface area contributed by atoms with Crippen LogP contribution < -0.4 is 4.74 Å². The van der Waals surface area contributed by atoms with Crippen molar-refractivity contribution in [2.24, 2.45) is 5.92 Å². The lowest BCUT2D eigenvalue weighted by atomic mass is 9.89. The van der Waals surface area contributed by atoms with Gasteiger partial charge in [-0.15, -0.1) is 0 Å². The summed E-state index contributed by atoms with van der Waals surface area (Å²) in [6.45, 7) is 2.51. The molecule has 2 atom stereocenters. The summed E-state index contributed by atoms with van der Waals surface area (Å²) in [5.41, 5.74) is 1.16. The second kappa shape index (κ2) is 6.06. The zero-order chi connectivity index (χ0) is 12.1. The van der Waals surface area contributed by atoms with Crippen LogP contribution in [0.1, 0.15) is 38.2 Å². The minimum absolute atomic E-state index is 0.209. The van der Waals surface area contributed by atoms with Crippen molar-refractivity contribution in [3.63, 3.8) is 0 Å². The van der Waals surface area contributed by atoms with E-state index >= 15 is 0 Å². The Labute approximate surface area is 104 Å². The zero-order valence-electron chi connectivity index (χ0n) is 10.6.